The zero-order chi connectivity index (χ0) is 37.9. The summed E-state index contributed by atoms with van der Waals surface area (Å²) >= 11 is 0. The highest BCUT2D eigenvalue weighted by atomic mass is 32.2. The maximum Gasteiger partial charge on any atom is 0.308 e. The van der Waals surface area contributed by atoms with Crippen molar-refractivity contribution in [2.24, 2.45) is 17.8 Å². The van der Waals surface area contributed by atoms with E-state index >= 15 is 13.2 Å². The molecule has 0 amide bonds. The number of carboxylic acid groups (broad SMARTS) is 1. The summed E-state index contributed by atoms with van der Waals surface area (Å²) in [6.07, 6.45) is 4.03. The number of benzene rings is 4. The van der Waals surface area contributed by atoms with E-state index in [0.29, 0.717) is 10.0 Å². The second kappa shape index (κ2) is 13.5. The molecular formula is C42H33F3N4O4S. The van der Waals surface area contributed by atoms with Crippen LogP contribution in [-0.4, -0.2) is 34.5 Å². The summed E-state index contributed by atoms with van der Waals surface area (Å²) in [6, 6.07) is 25.1. The van der Waals surface area contributed by atoms with Gasteiger partial charge in [0.15, 0.2) is 17.5 Å². The highest BCUT2D eigenvalue weighted by molar-refractivity contribution is 7.90. The maximum absolute atomic E-state index is 17.1. The van der Waals surface area contributed by atoms with Crippen LogP contribution in [0.25, 0.3) is 44.4 Å². The lowest BCUT2D eigenvalue weighted by molar-refractivity contribution is -0.148. The molecule has 3 aliphatic carbocycles. The average molecular weight is 747 g/mol. The molecule has 2 N–H and O–H groups in total. The molecule has 4 aromatic carbocycles. The number of rotatable bonds is 8. The number of pyridine rings is 1. The Balaban J connectivity index is 1.38. The number of fused-ring (bicyclic) bond motifs is 4. The molecule has 6 aromatic rings. The molecule has 8 nitrogen and oxygen atoms in total. The first-order valence-corrected chi connectivity index (χ1v) is 19.0. The summed E-state index contributed by atoms with van der Waals surface area (Å²) < 4.78 is 76.7. The van der Waals surface area contributed by atoms with Gasteiger partial charge in [0.25, 0.3) is 10.0 Å². The molecule has 12 heteroatoms. The molecule has 0 aliphatic heterocycles. The van der Waals surface area contributed by atoms with Crippen molar-refractivity contribution in [1.29, 1.82) is 5.26 Å². The van der Waals surface area contributed by atoms with Gasteiger partial charge >= 0.3 is 5.97 Å². The van der Waals surface area contributed by atoms with Gasteiger partial charge in [-0.25, -0.2) is 30.5 Å². The van der Waals surface area contributed by atoms with E-state index in [-0.39, 0.29) is 55.9 Å². The molecular weight excluding hydrogens is 714 g/mol. The molecule has 3 saturated carbocycles. The lowest BCUT2D eigenvalue weighted by Gasteiger charge is -2.47. The van der Waals surface area contributed by atoms with Gasteiger partial charge in [0, 0.05) is 34.8 Å². The summed E-state index contributed by atoms with van der Waals surface area (Å²) in [4.78, 5) is 17.0. The Kier molecular flexibility index (Phi) is 8.77. The average Bonchev–Trinajstić information content (AvgIpc) is 3.57. The van der Waals surface area contributed by atoms with E-state index in [1.807, 2.05) is 36.4 Å². The number of aryl methyl sites for hydroxylation is 1. The lowest BCUT2D eigenvalue weighted by atomic mass is 9.61. The van der Waals surface area contributed by atoms with E-state index in [2.05, 4.69) is 10.3 Å². The predicted molar refractivity (Wildman–Crippen MR) is 198 cm³/mol. The van der Waals surface area contributed by atoms with E-state index in [4.69, 9.17) is 0 Å². The van der Waals surface area contributed by atoms with Crippen LogP contribution in [0.5, 0.6) is 0 Å². The number of nitriles is 1. The Bertz CT molecular complexity index is 2600. The van der Waals surface area contributed by atoms with E-state index in [1.54, 1.807) is 43.3 Å². The van der Waals surface area contributed by atoms with Crippen LogP contribution in [0.3, 0.4) is 0 Å². The molecule has 3 aliphatic rings. The first kappa shape index (κ1) is 35.1. The second-order valence-corrected chi connectivity index (χ2v) is 15.9. The van der Waals surface area contributed by atoms with Crippen molar-refractivity contribution in [3.8, 4) is 39.6 Å². The number of hydrogen-bond acceptors (Lipinski definition) is 6. The minimum Gasteiger partial charge on any atom is -0.481 e. The number of carbonyl (C=O) groups is 1. The quantitative estimate of drug-likeness (QED) is 0.159. The highest BCUT2D eigenvalue weighted by Gasteiger charge is 2.48. The third kappa shape index (κ3) is 5.89. The van der Waals surface area contributed by atoms with E-state index in [1.165, 1.54) is 12.1 Å². The summed E-state index contributed by atoms with van der Waals surface area (Å²) in [5.41, 5.74) is 1.45. The molecule has 2 heterocycles. The van der Waals surface area contributed by atoms with Crippen LogP contribution < -0.4 is 5.32 Å². The highest BCUT2D eigenvalue weighted by Crippen LogP contribution is 2.48. The molecule has 2 bridgehead atoms. The van der Waals surface area contributed by atoms with Crippen LogP contribution in [-0.2, 0) is 14.8 Å². The normalized spacial score (nSPS) is 19.5. The zero-order valence-corrected chi connectivity index (χ0v) is 29.7. The van der Waals surface area contributed by atoms with Gasteiger partial charge in [0.05, 0.1) is 22.1 Å². The molecule has 272 valence electrons. The maximum atomic E-state index is 17.1. The van der Waals surface area contributed by atoms with Crippen molar-refractivity contribution in [2.75, 3.05) is 5.32 Å². The number of aromatic nitrogens is 2. The van der Waals surface area contributed by atoms with Crippen LogP contribution in [0, 0.1) is 53.5 Å². The molecule has 0 spiro atoms. The van der Waals surface area contributed by atoms with E-state index in [0.717, 1.165) is 54.6 Å². The van der Waals surface area contributed by atoms with Gasteiger partial charge in [0.2, 0.25) is 0 Å². The number of carboxylic acids is 1. The fourth-order valence-corrected chi connectivity index (χ4v) is 9.69. The third-order valence-corrected chi connectivity index (χ3v) is 12.6. The van der Waals surface area contributed by atoms with Gasteiger partial charge < -0.3 is 10.4 Å². The van der Waals surface area contributed by atoms with Gasteiger partial charge in [-0.05, 0) is 79.3 Å². The fraction of sp³-hybridized carbons (Fsp3) is 0.214. The van der Waals surface area contributed by atoms with Crippen molar-refractivity contribution in [1.82, 2.24) is 8.96 Å². The lowest BCUT2D eigenvalue weighted by Crippen LogP contribution is -2.51. The summed E-state index contributed by atoms with van der Waals surface area (Å²) in [6.45, 7) is 1.78. The van der Waals surface area contributed by atoms with Crippen molar-refractivity contribution in [3.05, 3.63) is 126 Å². The SMILES string of the molecule is Cc1ccc(S(=O)(=O)n2cc(-c3nc(NC4C5CCC(CC5)C4C(=O)O)c(F)c(-c4ccc(-c5ccccc5)cc4)c3C#N)c3cc(F)cc(F)c32)cc1. The Morgan fingerprint density at radius 3 is 2.17 bits per heavy atom. The summed E-state index contributed by atoms with van der Waals surface area (Å²) in [7, 11) is -4.49. The number of hydrogen-bond donors (Lipinski definition) is 2. The van der Waals surface area contributed by atoms with Crippen LogP contribution >= 0.6 is 0 Å². The molecule has 9 rings (SSSR count). The smallest absolute Gasteiger partial charge is 0.308 e. The molecule has 2 atom stereocenters. The standard InChI is InChI=1S/C42H33F3N4O4S/c1-23-7-17-30(18-8-23)54(52,53)49-22-33(31-19-29(43)20-34(44)40(31)49)39-32(21-46)35(26-11-9-25(10-12-26)24-5-3-2-4-6-24)37(45)41(48-39)47-38-28-15-13-27(14-16-28)36(38)42(50)51/h2-12,17-20,22,27-28,36,38H,13-16H2,1H3,(H,47,48)(H,50,51). The Morgan fingerprint density at radius 1 is 0.889 bits per heavy atom. The van der Waals surface area contributed by atoms with Crippen molar-refractivity contribution < 1.29 is 31.5 Å². The minimum absolute atomic E-state index is 0.0882. The number of aliphatic carboxylic acids is 1. The second-order valence-electron chi connectivity index (χ2n) is 14.1. The van der Waals surface area contributed by atoms with Gasteiger partial charge in [0.1, 0.15) is 17.4 Å². The monoisotopic (exact) mass is 746 g/mol. The summed E-state index contributed by atoms with van der Waals surface area (Å²) in [5, 5.41) is 23.9. The molecule has 3 fully saturated rings. The molecule has 2 unspecified atom stereocenters. The van der Waals surface area contributed by atoms with Gasteiger partial charge in [-0.3, -0.25) is 4.79 Å². The largest absolute Gasteiger partial charge is 0.481 e. The van der Waals surface area contributed by atoms with Crippen LogP contribution in [0.4, 0.5) is 19.0 Å². The number of nitrogens with zero attached hydrogens (tertiary/aromatic N) is 3. The zero-order valence-electron chi connectivity index (χ0n) is 28.9. The first-order valence-electron chi connectivity index (χ1n) is 17.6. The molecule has 0 radical (unpaired) electrons. The molecule has 0 saturated heterocycles. The number of anilines is 1. The van der Waals surface area contributed by atoms with Crippen molar-refractivity contribution in [3.63, 3.8) is 0 Å². The van der Waals surface area contributed by atoms with Crippen LogP contribution in [0.2, 0.25) is 0 Å². The molecule has 2 aromatic heterocycles. The molecule has 54 heavy (non-hydrogen) atoms. The van der Waals surface area contributed by atoms with Crippen molar-refractivity contribution >= 4 is 32.7 Å². The first-order chi connectivity index (χ1) is 26.0. The third-order valence-electron chi connectivity index (χ3n) is 11.0. The summed E-state index contributed by atoms with van der Waals surface area (Å²) in [5.74, 6) is -5.49. The Hall–Kier alpha value is -5.93. The van der Waals surface area contributed by atoms with E-state index < -0.39 is 50.9 Å². The van der Waals surface area contributed by atoms with Gasteiger partial charge in [-0.15, -0.1) is 0 Å². The Morgan fingerprint density at radius 2 is 1.52 bits per heavy atom. The topological polar surface area (TPSA) is 125 Å². The minimum atomic E-state index is -4.49. The fourth-order valence-electron chi connectivity index (χ4n) is 8.31. The predicted octanol–water partition coefficient (Wildman–Crippen LogP) is 9.17. The van der Waals surface area contributed by atoms with Crippen LogP contribution in [0.1, 0.15) is 36.8 Å². The van der Waals surface area contributed by atoms with Crippen LogP contribution in [0.15, 0.2) is 102 Å². The number of nitrogens with one attached hydrogen (secondary N) is 1. The van der Waals surface area contributed by atoms with Gasteiger partial charge in [-0.1, -0.05) is 72.3 Å². The van der Waals surface area contributed by atoms with Gasteiger partial charge in [-0.2, -0.15) is 5.26 Å². The number of halogens is 3. The Labute approximate surface area is 309 Å². The van der Waals surface area contributed by atoms with Crippen molar-refractivity contribution in [2.45, 2.75) is 43.5 Å². The van der Waals surface area contributed by atoms with E-state index in [9.17, 15) is 23.6 Å².